The zero-order valence-electron chi connectivity index (χ0n) is 18.2. The minimum atomic E-state index is -1.52. The molecule has 33 heavy (non-hydrogen) atoms. The average Bonchev–Trinajstić information content (AvgIpc) is 3.26. The zero-order chi connectivity index (χ0) is 25.0. The van der Waals surface area contributed by atoms with Crippen molar-refractivity contribution >= 4 is 29.7 Å². The van der Waals surface area contributed by atoms with E-state index in [4.69, 9.17) is 27.4 Å². The highest BCUT2D eigenvalue weighted by Gasteiger charge is 2.28. The summed E-state index contributed by atoms with van der Waals surface area (Å²) in [7, 11) is 0. The first-order valence-electron chi connectivity index (χ1n) is 10.1. The number of imidazole rings is 1. The molecule has 3 amide bonds. The van der Waals surface area contributed by atoms with E-state index in [2.05, 4.69) is 30.9 Å². The number of carbonyl (C=O) groups is 4. The van der Waals surface area contributed by atoms with Gasteiger partial charge in [-0.15, -0.1) is 0 Å². The third-order valence-corrected chi connectivity index (χ3v) is 4.46. The number of H-pyrrole nitrogens is 1. The Morgan fingerprint density at radius 1 is 1.12 bits per heavy atom. The Morgan fingerprint density at radius 3 is 2.33 bits per heavy atom. The van der Waals surface area contributed by atoms with Gasteiger partial charge in [0.25, 0.3) is 0 Å². The minimum absolute atomic E-state index is 0.122. The van der Waals surface area contributed by atoms with Gasteiger partial charge in [-0.3, -0.25) is 19.4 Å². The summed E-state index contributed by atoms with van der Waals surface area (Å²) in [6, 6.07) is -4.71. The third-order valence-electron chi connectivity index (χ3n) is 4.46. The monoisotopic (exact) mass is 469 g/mol. The van der Waals surface area contributed by atoms with Crippen LogP contribution in [-0.4, -0.2) is 87.2 Å². The molecular formula is C18H31N9O6. The molecule has 184 valence electrons. The van der Waals surface area contributed by atoms with Crippen LogP contribution in [0.25, 0.3) is 0 Å². The van der Waals surface area contributed by atoms with Crippen molar-refractivity contribution in [2.45, 2.75) is 50.4 Å². The molecule has 1 aromatic heterocycles. The maximum atomic E-state index is 12.7. The van der Waals surface area contributed by atoms with Gasteiger partial charge >= 0.3 is 5.97 Å². The van der Waals surface area contributed by atoms with Crippen LogP contribution in [0.4, 0.5) is 0 Å². The predicted octanol–water partition coefficient (Wildman–Crippen LogP) is -4.12. The van der Waals surface area contributed by atoms with Crippen molar-refractivity contribution in [3.05, 3.63) is 18.2 Å². The Hall–Kier alpha value is -3.72. The Balaban J connectivity index is 2.78. The fourth-order valence-electron chi connectivity index (χ4n) is 2.64. The van der Waals surface area contributed by atoms with Crippen LogP contribution >= 0.6 is 0 Å². The van der Waals surface area contributed by atoms with E-state index in [0.717, 1.165) is 0 Å². The van der Waals surface area contributed by atoms with Crippen LogP contribution in [0, 0.1) is 0 Å². The number of aliphatic carboxylic acids is 1. The van der Waals surface area contributed by atoms with Gasteiger partial charge in [0.05, 0.1) is 19.0 Å². The second-order valence-electron chi connectivity index (χ2n) is 7.21. The minimum Gasteiger partial charge on any atom is -0.480 e. The van der Waals surface area contributed by atoms with E-state index >= 15 is 0 Å². The number of nitrogens with two attached hydrogens (primary N) is 3. The second kappa shape index (κ2) is 13.6. The van der Waals surface area contributed by atoms with Gasteiger partial charge in [0, 0.05) is 24.9 Å². The molecule has 0 saturated carbocycles. The number of amides is 3. The Morgan fingerprint density at radius 2 is 1.79 bits per heavy atom. The van der Waals surface area contributed by atoms with E-state index in [1.165, 1.54) is 19.4 Å². The number of nitrogens with zero attached hydrogens (tertiary/aromatic N) is 2. The van der Waals surface area contributed by atoms with Crippen LogP contribution in [0.2, 0.25) is 0 Å². The number of aliphatic hydroxyl groups is 1. The topological polar surface area (TPSA) is 264 Å². The molecule has 12 N–H and O–H groups in total. The van der Waals surface area contributed by atoms with Crippen molar-refractivity contribution in [1.29, 1.82) is 0 Å². The highest BCUT2D eigenvalue weighted by Crippen LogP contribution is 2.03. The van der Waals surface area contributed by atoms with Crippen molar-refractivity contribution in [2.75, 3.05) is 13.2 Å². The predicted molar refractivity (Wildman–Crippen MR) is 116 cm³/mol. The second-order valence-corrected chi connectivity index (χ2v) is 7.21. The number of rotatable bonds is 14. The Bertz CT molecular complexity index is 825. The zero-order valence-corrected chi connectivity index (χ0v) is 18.2. The van der Waals surface area contributed by atoms with Crippen molar-refractivity contribution in [2.24, 2.45) is 22.2 Å². The summed E-state index contributed by atoms with van der Waals surface area (Å²) in [5.74, 6) is -3.68. The molecule has 15 heteroatoms. The maximum Gasteiger partial charge on any atom is 0.328 e. The summed E-state index contributed by atoms with van der Waals surface area (Å²) in [6.45, 7) is 0.709. The number of carboxylic acid groups (broad SMARTS) is 1. The average molecular weight is 470 g/mol. The van der Waals surface area contributed by atoms with E-state index in [1.54, 1.807) is 0 Å². The van der Waals surface area contributed by atoms with E-state index in [9.17, 15) is 19.2 Å². The summed E-state index contributed by atoms with van der Waals surface area (Å²) in [5.41, 5.74) is 17.1. The van der Waals surface area contributed by atoms with E-state index < -0.39 is 54.5 Å². The van der Waals surface area contributed by atoms with Crippen molar-refractivity contribution in [3.63, 3.8) is 0 Å². The molecule has 1 heterocycles. The number of hydrogen-bond acceptors (Lipinski definition) is 8. The lowest BCUT2D eigenvalue weighted by Gasteiger charge is -2.23. The maximum absolute atomic E-state index is 12.7. The molecule has 0 saturated heterocycles. The molecule has 0 fully saturated rings. The highest BCUT2D eigenvalue weighted by atomic mass is 16.4. The lowest BCUT2D eigenvalue weighted by Crippen LogP contribution is -2.56. The van der Waals surface area contributed by atoms with Crippen LogP contribution < -0.4 is 33.2 Å². The SMILES string of the molecule is CC(NC(=O)C(CCCN=C(N)N)NC(=O)C(N)Cc1cnc[nH]1)C(=O)NC(CO)C(=O)O. The summed E-state index contributed by atoms with van der Waals surface area (Å²) in [6.07, 6.45) is 3.58. The highest BCUT2D eigenvalue weighted by molar-refractivity contribution is 5.93. The van der Waals surface area contributed by atoms with Gasteiger partial charge in [-0.1, -0.05) is 0 Å². The first-order valence-corrected chi connectivity index (χ1v) is 10.1. The molecule has 1 rings (SSSR count). The first-order chi connectivity index (χ1) is 15.5. The van der Waals surface area contributed by atoms with Gasteiger partial charge in [-0.05, 0) is 19.8 Å². The summed E-state index contributed by atoms with van der Waals surface area (Å²) >= 11 is 0. The third kappa shape index (κ3) is 9.96. The molecule has 15 nitrogen and oxygen atoms in total. The van der Waals surface area contributed by atoms with Crippen LogP contribution in [0.15, 0.2) is 17.5 Å². The first kappa shape index (κ1) is 27.3. The quantitative estimate of drug-likeness (QED) is 0.0721. The molecule has 4 atom stereocenters. The molecule has 0 aliphatic carbocycles. The smallest absolute Gasteiger partial charge is 0.328 e. The van der Waals surface area contributed by atoms with Crippen molar-refractivity contribution in [1.82, 2.24) is 25.9 Å². The van der Waals surface area contributed by atoms with Gasteiger partial charge in [0.1, 0.15) is 18.1 Å². The van der Waals surface area contributed by atoms with Gasteiger partial charge in [-0.25, -0.2) is 9.78 Å². The van der Waals surface area contributed by atoms with Gasteiger partial charge < -0.3 is 48.3 Å². The fraction of sp³-hybridized carbons (Fsp3) is 0.556. The number of nitrogens with one attached hydrogen (secondary N) is 4. The van der Waals surface area contributed by atoms with Gasteiger partial charge in [-0.2, -0.15) is 0 Å². The molecule has 1 aromatic rings. The summed E-state index contributed by atoms with van der Waals surface area (Å²) < 4.78 is 0. The van der Waals surface area contributed by atoms with E-state index in [1.807, 2.05) is 0 Å². The van der Waals surface area contributed by atoms with Crippen molar-refractivity contribution in [3.8, 4) is 0 Å². The number of carbonyl (C=O) groups excluding carboxylic acids is 3. The number of carboxylic acids is 1. The lowest BCUT2D eigenvalue weighted by atomic mass is 10.1. The number of guanidine groups is 1. The molecule has 0 spiro atoms. The fourth-order valence-corrected chi connectivity index (χ4v) is 2.64. The normalized spacial score (nSPS) is 14.3. The van der Waals surface area contributed by atoms with Gasteiger partial charge in [0.15, 0.2) is 5.96 Å². The van der Waals surface area contributed by atoms with Crippen LogP contribution in [0.1, 0.15) is 25.5 Å². The Kier molecular flexibility index (Phi) is 11.3. The molecule has 0 bridgehead atoms. The summed E-state index contributed by atoms with van der Waals surface area (Å²) in [5, 5.41) is 25.0. The number of aliphatic hydroxyl groups excluding tert-OH is 1. The van der Waals surface area contributed by atoms with Gasteiger partial charge in [0.2, 0.25) is 17.7 Å². The van der Waals surface area contributed by atoms with Crippen molar-refractivity contribution < 1.29 is 29.4 Å². The summed E-state index contributed by atoms with van der Waals surface area (Å²) in [4.78, 5) is 58.8. The number of aliphatic imine (C=N–C) groups is 1. The molecular weight excluding hydrogens is 438 g/mol. The van der Waals surface area contributed by atoms with E-state index in [-0.39, 0.29) is 25.3 Å². The van der Waals surface area contributed by atoms with E-state index in [0.29, 0.717) is 12.1 Å². The molecule has 0 aliphatic heterocycles. The molecule has 0 aliphatic rings. The Labute approximate surface area is 189 Å². The molecule has 0 radical (unpaired) electrons. The lowest BCUT2D eigenvalue weighted by molar-refractivity contribution is -0.143. The molecule has 4 unspecified atom stereocenters. The van der Waals surface area contributed by atoms with Crippen LogP contribution in [0.5, 0.6) is 0 Å². The number of hydrogen-bond donors (Lipinski definition) is 9. The standard InChI is InChI=1S/C18H31N9O6/c1-9(14(29)27-13(7-28)17(32)33)25-16(31)12(3-2-4-23-18(20)21)26-15(30)11(19)5-10-6-22-8-24-10/h6,8-9,11-13,28H,2-5,7,19H2,1H3,(H,22,24)(H,25,31)(H,26,30)(H,27,29)(H,32,33)(H4,20,21,23). The molecule has 0 aromatic carbocycles. The largest absolute Gasteiger partial charge is 0.480 e. The number of aromatic amines is 1. The van der Waals surface area contributed by atoms with Crippen LogP contribution in [-0.2, 0) is 25.6 Å². The number of aromatic nitrogens is 2. The van der Waals surface area contributed by atoms with Crippen LogP contribution in [0.3, 0.4) is 0 Å².